The lowest BCUT2D eigenvalue weighted by Crippen LogP contribution is -2.59. The van der Waals surface area contributed by atoms with Crippen LogP contribution >= 0.6 is 0 Å². The number of benzene rings is 2. The summed E-state index contributed by atoms with van der Waals surface area (Å²) in [7, 11) is 0. The second-order valence-corrected chi connectivity index (χ2v) is 9.62. The number of nitrogens with zero attached hydrogens (tertiary/aromatic N) is 2. The van der Waals surface area contributed by atoms with Gasteiger partial charge < -0.3 is 10.1 Å². The summed E-state index contributed by atoms with van der Waals surface area (Å²) in [5, 5.41) is 9.61. The van der Waals surface area contributed by atoms with E-state index in [-0.39, 0.29) is 23.9 Å². The van der Waals surface area contributed by atoms with Crippen molar-refractivity contribution in [2.24, 2.45) is 0 Å². The van der Waals surface area contributed by atoms with Gasteiger partial charge in [0.25, 0.3) is 0 Å². The van der Waals surface area contributed by atoms with Gasteiger partial charge in [-0.05, 0) is 56.0 Å². The highest BCUT2D eigenvalue weighted by atomic mass is 19.4. The van der Waals surface area contributed by atoms with Crippen LogP contribution in [0.4, 0.5) is 26.3 Å². The first-order valence-corrected chi connectivity index (χ1v) is 11.6. The molecule has 1 fully saturated rings. The maximum absolute atomic E-state index is 13.3. The molecule has 3 aromatic rings. The van der Waals surface area contributed by atoms with Gasteiger partial charge in [-0.1, -0.05) is 30.3 Å². The first-order valence-electron chi connectivity index (χ1n) is 11.6. The van der Waals surface area contributed by atoms with Crippen LogP contribution in [0.5, 0.6) is 0 Å². The summed E-state index contributed by atoms with van der Waals surface area (Å²) in [4.78, 5) is 12.2. The van der Waals surface area contributed by atoms with Crippen LogP contribution in [0.2, 0.25) is 0 Å². The van der Waals surface area contributed by atoms with Crippen molar-refractivity contribution in [1.29, 1.82) is 0 Å². The Morgan fingerprint density at radius 2 is 1.65 bits per heavy atom. The lowest BCUT2D eigenvalue weighted by molar-refractivity contribution is -0.143. The van der Waals surface area contributed by atoms with Gasteiger partial charge in [0.05, 0.1) is 34.9 Å². The molecule has 4 rings (SSSR count). The minimum Gasteiger partial charge on any atom is -0.372 e. The van der Waals surface area contributed by atoms with Gasteiger partial charge in [-0.25, -0.2) is 9.89 Å². The topological polar surface area (TPSA) is 71.9 Å². The van der Waals surface area contributed by atoms with Gasteiger partial charge in [-0.3, -0.25) is 4.57 Å². The number of ether oxygens (including phenoxy) is 1. The van der Waals surface area contributed by atoms with Gasteiger partial charge in [0.15, 0.2) is 0 Å². The van der Waals surface area contributed by atoms with E-state index < -0.39 is 40.7 Å². The van der Waals surface area contributed by atoms with Gasteiger partial charge in [0, 0.05) is 6.54 Å². The Hall–Kier alpha value is -3.12. The van der Waals surface area contributed by atoms with E-state index in [1.54, 1.807) is 0 Å². The van der Waals surface area contributed by atoms with Crippen LogP contribution in [0.3, 0.4) is 0 Å². The lowest BCUT2D eigenvalue weighted by atomic mass is 9.77. The largest absolute Gasteiger partial charge is 0.416 e. The highest BCUT2D eigenvalue weighted by molar-refractivity contribution is 5.35. The van der Waals surface area contributed by atoms with Gasteiger partial charge in [0.1, 0.15) is 6.33 Å². The first-order chi connectivity index (χ1) is 17.2. The molecule has 37 heavy (non-hydrogen) atoms. The highest BCUT2D eigenvalue weighted by Crippen LogP contribution is 2.40. The maximum atomic E-state index is 13.3. The van der Waals surface area contributed by atoms with Crippen LogP contribution < -0.4 is 11.0 Å². The Bertz CT molecular complexity index is 1240. The number of aromatic nitrogens is 3. The molecule has 200 valence electrons. The molecule has 2 aromatic carbocycles. The van der Waals surface area contributed by atoms with E-state index in [1.165, 1.54) is 17.8 Å². The molecule has 0 spiro atoms. The Balaban J connectivity index is 1.60. The van der Waals surface area contributed by atoms with E-state index in [1.807, 2.05) is 37.3 Å². The number of halogens is 6. The van der Waals surface area contributed by atoms with Gasteiger partial charge in [0.2, 0.25) is 0 Å². The van der Waals surface area contributed by atoms with Crippen molar-refractivity contribution >= 4 is 0 Å². The van der Waals surface area contributed by atoms with Crippen LogP contribution in [0.25, 0.3) is 0 Å². The minimum atomic E-state index is -4.94. The SMILES string of the molecule is C[C@@H](OC[C@@]1(c2ccccc2)CC[C@](C)(n2cn[nH]c2=O)CN1)c1cc(C(F)(F)F)cc(C(F)(F)F)c1. The molecular formula is C25H26F6N4O2. The third-order valence-electron chi connectivity index (χ3n) is 7.02. The first kappa shape index (κ1) is 26.9. The van der Waals surface area contributed by atoms with E-state index in [0.717, 1.165) is 5.56 Å². The summed E-state index contributed by atoms with van der Waals surface area (Å²) in [6.45, 7) is 3.65. The molecule has 1 aromatic heterocycles. The van der Waals surface area contributed by atoms with Crippen molar-refractivity contribution < 1.29 is 31.1 Å². The summed E-state index contributed by atoms with van der Waals surface area (Å²) in [5.74, 6) is 0. The van der Waals surface area contributed by atoms with E-state index in [2.05, 4.69) is 15.5 Å². The summed E-state index contributed by atoms with van der Waals surface area (Å²) in [6.07, 6.45) is -8.51. The third kappa shape index (κ3) is 5.59. The number of hydrogen-bond acceptors (Lipinski definition) is 4. The van der Waals surface area contributed by atoms with Crippen molar-refractivity contribution in [2.45, 2.75) is 56.2 Å². The predicted molar refractivity (Wildman–Crippen MR) is 123 cm³/mol. The smallest absolute Gasteiger partial charge is 0.372 e. The number of piperidine rings is 1. The van der Waals surface area contributed by atoms with E-state index in [0.29, 0.717) is 31.5 Å². The molecule has 1 aliphatic heterocycles. The standard InChI is InChI=1S/C25H26F6N4O2/c1-16(17-10-19(24(26,27)28)12-20(11-17)25(29,30)31)37-14-23(18-6-4-3-5-7-18)9-8-22(2,13-32-23)35-15-33-34-21(35)36/h3-7,10-12,15-16,32H,8-9,13-14H2,1-2H3,(H,34,36)/t16-,22+,23-/m1/s1. The maximum Gasteiger partial charge on any atom is 0.416 e. The van der Waals surface area contributed by atoms with E-state index in [4.69, 9.17) is 4.74 Å². The van der Waals surface area contributed by atoms with Crippen LogP contribution in [0, 0.1) is 0 Å². The molecule has 0 radical (unpaired) electrons. The third-order valence-corrected chi connectivity index (χ3v) is 7.02. The Morgan fingerprint density at radius 3 is 2.14 bits per heavy atom. The van der Waals surface area contributed by atoms with E-state index >= 15 is 0 Å². The van der Waals surface area contributed by atoms with Crippen molar-refractivity contribution in [3.05, 3.63) is 87.6 Å². The zero-order valence-electron chi connectivity index (χ0n) is 20.1. The molecule has 1 saturated heterocycles. The van der Waals surface area contributed by atoms with Crippen LogP contribution in [0.1, 0.15) is 55.0 Å². The van der Waals surface area contributed by atoms with Crippen molar-refractivity contribution in [1.82, 2.24) is 20.1 Å². The summed E-state index contributed by atoms with van der Waals surface area (Å²) in [6, 6.07) is 10.7. The van der Waals surface area contributed by atoms with Gasteiger partial charge in [-0.2, -0.15) is 31.4 Å². The van der Waals surface area contributed by atoms with Gasteiger partial charge >= 0.3 is 18.0 Å². The average molecular weight is 528 g/mol. The number of rotatable bonds is 6. The van der Waals surface area contributed by atoms with Crippen LogP contribution in [-0.4, -0.2) is 27.9 Å². The van der Waals surface area contributed by atoms with E-state index in [9.17, 15) is 31.1 Å². The molecule has 2 N–H and O–H groups in total. The normalized spacial score (nSPS) is 23.7. The Morgan fingerprint density at radius 1 is 1.03 bits per heavy atom. The number of hydrogen-bond donors (Lipinski definition) is 2. The summed E-state index contributed by atoms with van der Waals surface area (Å²) < 4.78 is 87.4. The monoisotopic (exact) mass is 528 g/mol. The fourth-order valence-electron chi connectivity index (χ4n) is 4.64. The lowest BCUT2D eigenvalue weighted by Gasteiger charge is -2.46. The zero-order chi connectivity index (χ0) is 27.1. The molecule has 0 amide bonds. The zero-order valence-corrected chi connectivity index (χ0v) is 20.1. The molecule has 0 unspecified atom stereocenters. The number of aromatic amines is 1. The number of H-pyrrole nitrogens is 1. The fourth-order valence-corrected chi connectivity index (χ4v) is 4.64. The van der Waals surface area contributed by atoms with Crippen LogP contribution in [-0.2, 0) is 28.2 Å². The second kappa shape index (κ2) is 9.64. The number of alkyl halides is 6. The molecule has 0 bridgehead atoms. The highest BCUT2D eigenvalue weighted by Gasteiger charge is 2.43. The number of nitrogens with one attached hydrogen (secondary N) is 2. The Kier molecular flexibility index (Phi) is 7.02. The Labute approximate surface area is 208 Å². The molecule has 2 heterocycles. The fraction of sp³-hybridized carbons (Fsp3) is 0.440. The van der Waals surface area contributed by atoms with Crippen molar-refractivity contribution in [3.63, 3.8) is 0 Å². The predicted octanol–water partition coefficient (Wildman–Crippen LogP) is 5.38. The van der Waals surface area contributed by atoms with Gasteiger partial charge in [-0.15, -0.1) is 0 Å². The minimum absolute atomic E-state index is 0.0217. The quantitative estimate of drug-likeness (QED) is 0.422. The molecule has 0 aliphatic carbocycles. The molecule has 6 nitrogen and oxygen atoms in total. The summed E-state index contributed by atoms with van der Waals surface area (Å²) in [5.41, 5.74) is -3.88. The molecule has 3 atom stereocenters. The van der Waals surface area contributed by atoms with Crippen molar-refractivity contribution in [2.75, 3.05) is 13.2 Å². The summed E-state index contributed by atoms with van der Waals surface area (Å²) >= 11 is 0. The average Bonchev–Trinajstić information content (AvgIpc) is 3.30. The van der Waals surface area contributed by atoms with Crippen LogP contribution in [0.15, 0.2) is 59.7 Å². The molecule has 12 heteroatoms. The molecular weight excluding hydrogens is 502 g/mol. The van der Waals surface area contributed by atoms with Crippen molar-refractivity contribution in [3.8, 4) is 0 Å². The second-order valence-electron chi connectivity index (χ2n) is 9.62. The molecule has 1 aliphatic rings. The molecule has 0 saturated carbocycles.